The van der Waals surface area contributed by atoms with E-state index in [1.807, 2.05) is 0 Å². The van der Waals surface area contributed by atoms with Crippen molar-refractivity contribution in [2.75, 3.05) is 32.8 Å². The summed E-state index contributed by atoms with van der Waals surface area (Å²) in [5.41, 5.74) is 1.44. The van der Waals surface area contributed by atoms with E-state index in [4.69, 9.17) is 4.74 Å². The molecule has 3 rings (SSSR count). The zero-order valence-electron chi connectivity index (χ0n) is 11.6. The summed E-state index contributed by atoms with van der Waals surface area (Å²) in [6, 6.07) is 12.0. The van der Waals surface area contributed by atoms with Gasteiger partial charge in [0, 0.05) is 25.2 Å². The molecule has 0 spiro atoms. The van der Waals surface area contributed by atoms with Crippen molar-refractivity contribution in [2.24, 2.45) is 0 Å². The van der Waals surface area contributed by atoms with Crippen molar-refractivity contribution in [3.8, 4) is 0 Å². The maximum Gasteiger partial charge on any atom is 0.0620 e. The van der Waals surface area contributed by atoms with Crippen LogP contribution in [0.1, 0.15) is 30.9 Å². The van der Waals surface area contributed by atoms with Gasteiger partial charge in [-0.3, -0.25) is 4.90 Å². The number of rotatable bonds is 5. The molecular formula is C16H24N2O. The van der Waals surface area contributed by atoms with Crippen LogP contribution >= 0.6 is 0 Å². The highest BCUT2D eigenvalue weighted by atomic mass is 16.5. The van der Waals surface area contributed by atoms with Crippen molar-refractivity contribution >= 4 is 0 Å². The second kappa shape index (κ2) is 6.51. The van der Waals surface area contributed by atoms with E-state index in [0.717, 1.165) is 26.2 Å². The predicted molar refractivity (Wildman–Crippen MR) is 77.2 cm³/mol. The van der Waals surface area contributed by atoms with Crippen LogP contribution in [-0.2, 0) is 4.74 Å². The van der Waals surface area contributed by atoms with Crippen LogP contribution in [0.4, 0.5) is 0 Å². The molecule has 1 aromatic carbocycles. The van der Waals surface area contributed by atoms with Crippen LogP contribution in [-0.4, -0.2) is 43.8 Å². The first kappa shape index (κ1) is 13.1. The van der Waals surface area contributed by atoms with Crippen LogP contribution in [0.5, 0.6) is 0 Å². The maximum atomic E-state index is 5.44. The lowest BCUT2D eigenvalue weighted by Crippen LogP contribution is -2.39. The Kier molecular flexibility index (Phi) is 4.49. The van der Waals surface area contributed by atoms with Gasteiger partial charge in [-0.2, -0.15) is 0 Å². The van der Waals surface area contributed by atoms with Crippen molar-refractivity contribution in [1.29, 1.82) is 0 Å². The molecule has 0 aliphatic carbocycles. The molecular weight excluding hydrogens is 236 g/mol. The molecule has 2 aliphatic heterocycles. The van der Waals surface area contributed by atoms with E-state index in [9.17, 15) is 0 Å². The molecule has 0 aromatic heterocycles. The Labute approximate surface area is 115 Å². The van der Waals surface area contributed by atoms with Gasteiger partial charge in [-0.25, -0.2) is 0 Å². The van der Waals surface area contributed by atoms with Gasteiger partial charge in [0.05, 0.1) is 6.61 Å². The molecule has 1 N–H and O–H groups in total. The molecule has 2 fully saturated rings. The van der Waals surface area contributed by atoms with Gasteiger partial charge >= 0.3 is 0 Å². The molecule has 19 heavy (non-hydrogen) atoms. The number of likely N-dealkylation sites (tertiary alicyclic amines) is 1. The Balaban J connectivity index is 1.65. The summed E-state index contributed by atoms with van der Waals surface area (Å²) in [5.74, 6) is 0. The second-order valence-corrected chi connectivity index (χ2v) is 5.64. The third-order valence-corrected chi connectivity index (χ3v) is 4.30. The number of benzene rings is 1. The van der Waals surface area contributed by atoms with Crippen LogP contribution in [0.15, 0.2) is 30.3 Å². The largest absolute Gasteiger partial charge is 0.380 e. The minimum absolute atomic E-state index is 0.518. The summed E-state index contributed by atoms with van der Waals surface area (Å²) in [6.45, 7) is 5.31. The van der Waals surface area contributed by atoms with E-state index in [1.165, 1.54) is 31.5 Å². The smallest absolute Gasteiger partial charge is 0.0620 e. The molecule has 0 amide bonds. The summed E-state index contributed by atoms with van der Waals surface area (Å²) >= 11 is 0. The van der Waals surface area contributed by atoms with Gasteiger partial charge in [-0.1, -0.05) is 30.3 Å². The van der Waals surface area contributed by atoms with Crippen LogP contribution in [0.2, 0.25) is 0 Å². The van der Waals surface area contributed by atoms with Crippen molar-refractivity contribution in [1.82, 2.24) is 10.2 Å². The molecule has 0 bridgehead atoms. The van der Waals surface area contributed by atoms with Gasteiger partial charge in [0.1, 0.15) is 0 Å². The first-order valence-electron chi connectivity index (χ1n) is 7.53. The summed E-state index contributed by atoms with van der Waals surface area (Å²) in [5, 5.41) is 3.69. The van der Waals surface area contributed by atoms with Crippen LogP contribution in [0.25, 0.3) is 0 Å². The Morgan fingerprint density at radius 3 is 2.68 bits per heavy atom. The fourth-order valence-corrected chi connectivity index (χ4v) is 3.16. The monoisotopic (exact) mass is 260 g/mol. The number of ether oxygens (including phenoxy) is 1. The van der Waals surface area contributed by atoms with Gasteiger partial charge in [-0.15, -0.1) is 0 Å². The third-order valence-electron chi connectivity index (χ3n) is 4.30. The standard InChI is InChI=1S/C16H24N2O/c1-2-6-14(7-3-1)16(18-9-4-5-10-18)12-17-15-8-11-19-13-15/h1-3,6-7,15-17H,4-5,8-13H2. The van der Waals surface area contributed by atoms with Crippen LogP contribution in [0, 0.1) is 0 Å². The molecule has 0 saturated carbocycles. The second-order valence-electron chi connectivity index (χ2n) is 5.64. The van der Waals surface area contributed by atoms with E-state index < -0.39 is 0 Å². The van der Waals surface area contributed by atoms with Crippen molar-refractivity contribution < 1.29 is 4.74 Å². The van der Waals surface area contributed by atoms with Gasteiger partial charge in [-0.05, 0) is 37.9 Å². The summed E-state index contributed by atoms with van der Waals surface area (Å²) in [6.07, 6.45) is 3.84. The van der Waals surface area contributed by atoms with Gasteiger partial charge in [0.15, 0.2) is 0 Å². The normalized spacial score (nSPS) is 25.8. The molecule has 104 valence electrons. The predicted octanol–water partition coefficient (Wildman–Crippen LogP) is 2.20. The molecule has 2 unspecified atom stereocenters. The first-order chi connectivity index (χ1) is 9.43. The molecule has 3 heteroatoms. The number of nitrogens with one attached hydrogen (secondary N) is 1. The maximum absolute atomic E-state index is 5.44. The summed E-state index contributed by atoms with van der Waals surface area (Å²) < 4.78 is 5.44. The fourth-order valence-electron chi connectivity index (χ4n) is 3.16. The highest BCUT2D eigenvalue weighted by Crippen LogP contribution is 2.24. The SMILES string of the molecule is c1ccc(C(CNC2CCOC2)N2CCCC2)cc1. The molecule has 2 aliphatic rings. The average molecular weight is 260 g/mol. The van der Waals surface area contributed by atoms with Crippen LogP contribution in [0.3, 0.4) is 0 Å². The zero-order chi connectivity index (χ0) is 12.9. The molecule has 2 heterocycles. The Hall–Kier alpha value is -0.900. The van der Waals surface area contributed by atoms with Crippen molar-refractivity contribution in [3.63, 3.8) is 0 Å². The first-order valence-corrected chi connectivity index (χ1v) is 7.53. The van der Waals surface area contributed by atoms with E-state index in [2.05, 4.69) is 40.5 Å². The lowest BCUT2D eigenvalue weighted by molar-refractivity contribution is 0.184. The average Bonchev–Trinajstić information content (AvgIpc) is 3.13. The number of hydrogen-bond acceptors (Lipinski definition) is 3. The lowest BCUT2D eigenvalue weighted by Gasteiger charge is -2.29. The minimum Gasteiger partial charge on any atom is -0.380 e. The number of nitrogens with zero attached hydrogens (tertiary/aromatic N) is 1. The lowest BCUT2D eigenvalue weighted by atomic mass is 10.1. The molecule has 2 atom stereocenters. The fraction of sp³-hybridized carbons (Fsp3) is 0.625. The Morgan fingerprint density at radius 2 is 2.00 bits per heavy atom. The highest BCUT2D eigenvalue weighted by Gasteiger charge is 2.24. The van der Waals surface area contributed by atoms with Crippen molar-refractivity contribution in [2.45, 2.75) is 31.3 Å². The Morgan fingerprint density at radius 1 is 1.21 bits per heavy atom. The summed E-state index contributed by atoms with van der Waals surface area (Å²) in [4.78, 5) is 2.62. The van der Waals surface area contributed by atoms with Gasteiger partial charge < -0.3 is 10.1 Å². The van der Waals surface area contributed by atoms with Gasteiger partial charge in [0.2, 0.25) is 0 Å². The van der Waals surface area contributed by atoms with E-state index >= 15 is 0 Å². The van der Waals surface area contributed by atoms with E-state index in [0.29, 0.717) is 12.1 Å². The minimum atomic E-state index is 0.518. The number of hydrogen-bond donors (Lipinski definition) is 1. The quantitative estimate of drug-likeness (QED) is 0.878. The van der Waals surface area contributed by atoms with Crippen LogP contribution < -0.4 is 5.32 Å². The Bertz CT molecular complexity index is 370. The zero-order valence-corrected chi connectivity index (χ0v) is 11.6. The molecule has 3 nitrogen and oxygen atoms in total. The third kappa shape index (κ3) is 3.35. The summed E-state index contributed by atoms with van der Waals surface area (Å²) in [7, 11) is 0. The molecule has 0 radical (unpaired) electrons. The van der Waals surface area contributed by atoms with E-state index in [1.54, 1.807) is 0 Å². The molecule has 2 saturated heterocycles. The highest BCUT2D eigenvalue weighted by molar-refractivity contribution is 5.19. The van der Waals surface area contributed by atoms with Crippen molar-refractivity contribution in [3.05, 3.63) is 35.9 Å². The van der Waals surface area contributed by atoms with E-state index in [-0.39, 0.29) is 0 Å². The van der Waals surface area contributed by atoms with Gasteiger partial charge in [0.25, 0.3) is 0 Å². The molecule has 1 aromatic rings. The topological polar surface area (TPSA) is 24.5 Å².